The molecule has 2 saturated carbocycles. The number of Topliss-reactive ketones (excluding diaryl/α,β-unsaturated/α-hetero) is 1. The molecular weight excluding hydrogens is 684 g/mol. The van der Waals surface area contributed by atoms with E-state index in [0.717, 1.165) is 55.0 Å². The van der Waals surface area contributed by atoms with Gasteiger partial charge in [-0.3, -0.25) is 33.8 Å². The fourth-order valence-electron chi connectivity index (χ4n) is 8.06. The molecule has 2 saturated heterocycles. The molecule has 2 aromatic rings. The van der Waals surface area contributed by atoms with Gasteiger partial charge in [0, 0.05) is 41.9 Å². The van der Waals surface area contributed by atoms with Crippen molar-refractivity contribution < 1.29 is 28.8 Å². The molecule has 0 radical (unpaired) electrons. The van der Waals surface area contributed by atoms with Crippen LogP contribution < -0.4 is 21.4 Å². The molecular formula is C39H53ClN6O6. The summed E-state index contributed by atoms with van der Waals surface area (Å²) < 4.78 is 0. The van der Waals surface area contributed by atoms with Gasteiger partial charge < -0.3 is 20.9 Å². The summed E-state index contributed by atoms with van der Waals surface area (Å²) >= 11 is 6.52. The molecule has 1 unspecified atom stereocenters. The molecule has 13 heteroatoms. The third-order valence-corrected chi connectivity index (χ3v) is 11.2. The van der Waals surface area contributed by atoms with Crippen molar-refractivity contribution in [1.29, 1.82) is 0 Å². The minimum atomic E-state index is -1.04. The van der Waals surface area contributed by atoms with Crippen LogP contribution in [0, 0.1) is 11.3 Å². The van der Waals surface area contributed by atoms with Gasteiger partial charge in [-0.05, 0) is 67.2 Å². The number of hydroxylamine groups is 1. The predicted molar refractivity (Wildman–Crippen MR) is 197 cm³/mol. The van der Waals surface area contributed by atoms with Gasteiger partial charge in [0.1, 0.15) is 17.7 Å². The van der Waals surface area contributed by atoms with Crippen molar-refractivity contribution in [2.75, 3.05) is 6.54 Å². The van der Waals surface area contributed by atoms with Gasteiger partial charge in [-0.1, -0.05) is 71.0 Å². The second-order valence-electron chi connectivity index (χ2n) is 16.5. The Morgan fingerprint density at radius 1 is 1.06 bits per heavy atom. The van der Waals surface area contributed by atoms with E-state index in [-0.39, 0.29) is 43.3 Å². The number of likely N-dealkylation sites (tertiary alicyclic amines) is 1. The normalized spacial score (nSPS) is 24.8. The van der Waals surface area contributed by atoms with Crippen LogP contribution in [0.25, 0.3) is 10.9 Å². The minimum absolute atomic E-state index is 0.00772. The van der Waals surface area contributed by atoms with Gasteiger partial charge in [0.2, 0.25) is 23.5 Å². The van der Waals surface area contributed by atoms with Gasteiger partial charge in [0.15, 0.2) is 0 Å². The van der Waals surface area contributed by atoms with E-state index in [1.165, 1.54) is 11.3 Å². The number of hydrogen-bond acceptors (Lipinski definition) is 8. The van der Waals surface area contributed by atoms with Gasteiger partial charge in [-0.25, -0.2) is 0 Å². The number of carbonyl (C=O) groups is 5. The van der Waals surface area contributed by atoms with Crippen LogP contribution in [0.1, 0.15) is 116 Å². The maximum absolute atomic E-state index is 14.7. The highest BCUT2D eigenvalue weighted by Gasteiger charge is 2.56. The SMILES string of the molecule is CCC[C@H](NC(=O)[C@@H]1C[C@]2(CC(c3cc(Cl)cc4cccnc34)NO2)CN1C(=O)[C@@H](NC(=O)CC1CCCCC1)C(C)(C)C)C(=O)C(=O)NC1CC1. The number of nitrogens with one attached hydrogen (secondary N) is 4. The Balaban J connectivity index is 1.27. The predicted octanol–water partition coefficient (Wildman–Crippen LogP) is 4.83. The van der Waals surface area contributed by atoms with E-state index < -0.39 is 52.6 Å². The first kappa shape index (κ1) is 38.1. The van der Waals surface area contributed by atoms with Crippen molar-refractivity contribution >= 4 is 51.9 Å². The average molecular weight is 737 g/mol. The zero-order chi connectivity index (χ0) is 37.2. The van der Waals surface area contributed by atoms with Crippen LogP contribution in [0.15, 0.2) is 30.5 Å². The van der Waals surface area contributed by atoms with Crippen LogP contribution in [-0.4, -0.2) is 75.6 Å². The van der Waals surface area contributed by atoms with Crippen LogP contribution in [0.3, 0.4) is 0 Å². The molecule has 3 heterocycles. The van der Waals surface area contributed by atoms with E-state index in [2.05, 4.69) is 26.4 Å². The molecule has 4 N–H and O–H groups in total. The number of rotatable bonds is 12. The number of aromatic nitrogens is 1. The number of ketones is 1. The smallest absolute Gasteiger partial charge is 0.289 e. The number of carbonyl (C=O) groups excluding carboxylic acids is 5. The van der Waals surface area contributed by atoms with E-state index in [1.54, 1.807) is 6.20 Å². The fraction of sp³-hybridized carbons (Fsp3) is 0.641. The van der Waals surface area contributed by atoms with E-state index in [0.29, 0.717) is 24.3 Å². The molecule has 1 aromatic heterocycles. The lowest BCUT2D eigenvalue weighted by atomic mass is 9.84. The molecule has 12 nitrogen and oxygen atoms in total. The molecule has 4 amide bonds. The number of fused-ring (bicyclic) bond motifs is 1. The number of benzene rings is 1. The molecule has 2 aliphatic heterocycles. The third-order valence-electron chi connectivity index (χ3n) is 11.0. The second kappa shape index (κ2) is 15.8. The van der Waals surface area contributed by atoms with Crippen LogP contribution in [0.5, 0.6) is 0 Å². The van der Waals surface area contributed by atoms with E-state index in [9.17, 15) is 24.0 Å². The van der Waals surface area contributed by atoms with E-state index >= 15 is 0 Å². The Kier molecular flexibility index (Phi) is 11.6. The van der Waals surface area contributed by atoms with Crippen LogP contribution >= 0.6 is 11.6 Å². The highest BCUT2D eigenvalue weighted by atomic mass is 35.5. The first-order valence-corrected chi connectivity index (χ1v) is 19.4. The Morgan fingerprint density at radius 2 is 1.81 bits per heavy atom. The maximum Gasteiger partial charge on any atom is 0.289 e. The number of amides is 4. The first-order valence-electron chi connectivity index (χ1n) is 19.0. The molecule has 5 atom stereocenters. The lowest BCUT2D eigenvalue weighted by Gasteiger charge is -2.36. The summed E-state index contributed by atoms with van der Waals surface area (Å²) in [5.74, 6) is -2.24. The molecule has 2 aliphatic carbocycles. The van der Waals surface area contributed by atoms with Crippen molar-refractivity contribution in [3.63, 3.8) is 0 Å². The molecule has 4 aliphatic rings. The Bertz CT molecular complexity index is 1690. The van der Waals surface area contributed by atoms with Crippen molar-refractivity contribution in [2.24, 2.45) is 11.3 Å². The lowest BCUT2D eigenvalue weighted by molar-refractivity contribution is -0.145. The summed E-state index contributed by atoms with van der Waals surface area (Å²) in [5.41, 5.74) is 3.10. The van der Waals surface area contributed by atoms with Crippen LogP contribution in [0.4, 0.5) is 0 Å². The summed E-state index contributed by atoms with van der Waals surface area (Å²) in [4.78, 5) is 80.9. The van der Waals surface area contributed by atoms with Gasteiger partial charge in [-0.2, -0.15) is 5.48 Å². The second-order valence-corrected chi connectivity index (χ2v) is 16.9. The summed E-state index contributed by atoms with van der Waals surface area (Å²) in [6, 6.07) is 4.14. The van der Waals surface area contributed by atoms with Gasteiger partial charge in [-0.15, -0.1) is 0 Å². The zero-order valence-corrected chi connectivity index (χ0v) is 31.5. The molecule has 4 fully saturated rings. The highest BCUT2D eigenvalue weighted by molar-refractivity contribution is 6.38. The number of halogens is 1. The summed E-state index contributed by atoms with van der Waals surface area (Å²) in [7, 11) is 0. The Labute approximate surface area is 310 Å². The highest BCUT2D eigenvalue weighted by Crippen LogP contribution is 2.44. The maximum atomic E-state index is 14.7. The molecule has 6 rings (SSSR count). The van der Waals surface area contributed by atoms with Gasteiger partial charge in [0.05, 0.1) is 24.1 Å². The molecule has 0 bridgehead atoms. The van der Waals surface area contributed by atoms with Gasteiger partial charge in [0.25, 0.3) is 5.91 Å². The number of hydrogen-bond donors (Lipinski definition) is 4. The quantitative estimate of drug-likeness (QED) is 0.226. The summed E-state index contributed by atoms with van der Waals surface area (Å²) in [6.07, 6.45) is 10.5. The largest absolute Gasteiger partial charge is 0.347 e. The van der Waals surface area contributed by atoms with E-state index in [4.69, 9.17) is 16.4 Å². The fourth-order valence-corrected chi connectivity index (χ4v) is 8.30. The first-order chi connectivity index (χ1) is 24.8. The zero-order valence-electron chi connectivity index (χ0n) is 30.8. The number of nitrogens with zero attached hydrogens (tertiary/aromatic N) is 2. The molecule has 1 spiro atoms. The summed E-state index contributed by atoms with van der Waals surface area (Å²) in [5, 5.41) is 10.0. The molecule has 282 valence electrons. The number of pyridine rings is 1. The lowest BCUT2D eigenvalue weighted by Crippen LogP contribution is -2.59. The average Bonchev–Trinajstić information content (AvgIpc) is 3.70. The Hall–Kier alpha value is -3.61. The Morgan fingerprint density at radius 3 is 2.50 bits per heavy atom. The standard InChI is InChI=1S/C39H53ClN6O6/c1-5-10-28(33(48)36(50)42-26-14-15-26)43-35(49)30-21-39(20-29(45-52-39)27-19-25(40)18-24-13-9-16-41-32(24)27)22-46(30)37(51)34(38(2,3)4)44-31(47)17-23-11-7-6-8-12-23/h9,13,16,18-19,23,26,28-30,34,45H,5-8,10-12,14-15,17,20-22H2,1-4H3,(H,42,50)(H,43,49)(H,44,47)/t28-,29?,30-,34+,39+/m0/s1. The monoisotopic (exact) mass is 736 g/mol. The van der Waals surface area contributed by atoms with Crippen molar-refractivity contribution in [1.82, 2.24) is 31.3 Å². The van der Waals surface area contributed by atoms with Crippen molar-refractivity contribution in [3.05, 3.63) is 41.0 Å². The van der Waals surface area contributed by atoms with E-state index in [1.807, 2.05) is 52.0 Å². The molecule has 1 aromatic carbocycles. The van der Waals surface area contributed by atoms with Crippen molar-refractivity contribution in [2.45, 2.75) is 141 Å². The summed E-state index contributed by atoms with van der Waals surface area (Å²) in [6.45, 7) is 7.63. The molecule has 52 heavy (non-hydrogen) atoms. The topological polar surface area (TPSA) is 159 Å². The van der Waals surface area contributed by atoms with Crippen LogP contribution in [-0.2, 0) is 28.8 Å². The van der Waals surface area contributed by atoms with Gasteiger partial charge >= 0.3 is 0 Å². The van der Waals surface area contributed by atoms with Crippen LogP contribution in [0.2, 0.25) is 5.02 Å². The minimum Gasteiger partial charge on any atom is -0.347 e. The third kappa shape index (κ3) is 8.77. The van der Waals surface area contributed by atoms with Crippen molar-refractivity contribution in [3.8, 4) is 0 Å².